The fourth-order valence-electron chi connectivity index (χ4n) is 4.79. The summed E-state index contributed by atoms with van der Waals surface area (Å²) in [6, 6.07) is 6.49. The molecule has 0 radical (unpaired) electrons. The van der Waals surface area contributed by atoms with Gasteiger partial charge >= 0.3 is 5.97 Å². The van der Waals surface area contributed by atoms with Crippen molar-refractivity contribution >= 4 is 27.5 Å². The van der Waals surface area contributed by atoms with Gasteiger partial charge in [-0.05, 0) is 36.5 Å². The summed E-state index contributed by atoms with van der Waals surface area (Å²) in [6.07, 6.45) is 10.0. The second kappa shape index (κ2) is 9.34. The van der Waals surface area contributed by atoms with Crippen molar-refractivity contribution < 1.29 is 14.6 Å². The Morgan fingerprint density at radius 2 is 1.90 bits per heavy atom. The van der Waals surface area contributed by atoms with E-state index >= 15 is 0 Å². The summed E-state index contributed by atoms with van der Waals surface area (Å²) in [5.74, 6) is -0.281. The average Bonchev–Trinajstić information content (AvgIpc) is 3.45. The number of ether oxygens (including phenoxy) is 1. The third-order valence-corrected chi connectivity index (χ3v) is 7.65. The number of nitrogens with zero attached hydrogens (tertiary/aromatic N) is 4. The van der Waals surface area contributed by atoms with Crippen LogP contribution in [-0.2, 0) is 4.79 Å². The maximum absolute atomic E-state index is 11.9. The van der Waals surface area contributed by atoms with Crippen molar-refractivity contribution in [3.8, 4) is 5.19 Å². The molecule has 2 heterocycles. The van der Waals surface area contributed by atoms with Crippen LogP contribution in [0.25, 0.3) is 10.2 Å². The first kappa shape index (κ1) is 21.7. The Labute approximate surface area is 186 Å². The molecule has 1 aromatic carbocycles. The van der Waals surface area contributed by atoms with Crippen LogP contribution in [0.3, 0.4) is 0 Å². The lowest BCUT2D eigenvalue weighted by Crippen LogP contribution is -2.38. The third kappa shape index (κ3) is 4.44. The first-order valence-electron chi connectivity index (χ1n) is 11.2. The fraction of sp³-hybridized carbons (Fsp3) is 0.565. The van der Waals surface area contributed by atoms with Gasteiger partial charge < -0.3 is 14.4 Å². The van der Waals surface area contributed by atoms with E-state index in [2.05, 4.69) is 45.7 Å². The number of rotatable bonds is 9. The van der Waals surface area contributed by atoms with E-state index in [1.165, 1.54) is 16.9 Å². The highest BCUT2D eigenvalue weighted by Crippen LogP contribution is 2.39. The lowest BCUT2D eigenvalue weighted by molar-refractivity contribution is -0.153. The zero-order chi connectivity index (χ0) is 21.8. The molecule has 0 spiro atoms. The van der Waals surface area contributed by atoms with E-state index in [1.807, 2.05) is 6.07 Å². The Kier molecular flexibility index (Phi) is 6.55. The van der Waals surface area contributed by atoms with Crippen molar-refractivity contribution in [2.75, 3.05) is 6.61 Å². The highest BCUT2D eigenvalue weighted by Gasteiger charge is 2.40. The molecule has 0 bridgehead atoms. The smallest absolute Gasteiger partial charge is 0.313 e. The lowest BCUT2D eigenvalue weighted by atomic mass is 9.75. The summed E-state index contributed by atoms with van der Waals surface area (Å²) in [6.45, 7) is 4.62. The van der Waals surface area contributed by atoms with Gasteiger partial charge in [0.05, 0.1) is 16.3 Å². The lowest BCUT2D eigenvalue weighted by Gasteiger charge is -2.32. The van der Waals surface area contributed by atoms with Gasteiger partial charge in [-0.1, -0.05) is 63.4 Å². The van der Waals surface area contributed by atoms with Crippen LogP contribution in [0, 0.1) is 11.3 Å². The number of carbonyl (C=O) groups is 1. The number of aromatic nitrogens is 4. The molecule has 0 saturated heterocycles. The van der Waals surface area contributed by atoms with Gasteiger partial charge in [-0.3, -0.25) is 4.79 Å². The summed E-state index contributed by atoms with van der Waals surface area (Å²) < 4.78 is 9.09. The number of hydrogen-bond acceptors (Lipinski definition) is 6. The van der Waals surface area contributed by atoms with Crippen LogP contribution >= 0.6 is 11.3 Å². The number of hydrogen-bond donors (Lipinski definition) is 1. The maximum atomic E-state index is 11.9. The average molecular weight is 443 g/mol. The molecule has 2 aromatic heterocycles. The van der Waals surface area contributed by atoms with E-state index in [0.29, 0.717) is 24.0 Å². The standard InChI is InChI=1S/C23H30N4O3S/c1-3-16(4-2)20(27-14-24-25-15-27)17-8-9-18-19(12-17)31-22(26-18)30-13-23(21(28)29)10-6-5-7-11-23/h8-9,12,14-16,20H,3-7,10-11,13H2,1-2H3,(H,28,29). The van der Waals surface area contributed by atoms with Gasteiger partial charge in [0.15, 0.2) is 0 Å². The van der Waals surface area contributed by atoms with E-state index in [-0.39, 0.29) is 12.6 Å². The highest BCUT2D eigenvalue weighted by molar-refractivity contribution is 7.20. The summed E-state index contributed by atoms with van der Waals surface area (Å²) >= 11 is 1.49. The molecule has 1 aliphatic carbocycles. The van der Waals surface area contributed by atoms with Crippen molar-refractivity contribution in [2.45, 2.75) is 64.8 Å². The number of carboxylic acids is 1. The molecular formula is C23H30N4O3S. The van der Waals surface area contributed by atoms with Crippen LogP contribution in [0.4, 0.5) is 0 Å². The van der Waals surface area contributed by atoms with Crippen molar-refractivity contribution in [3.05, 3.63) is 36.4 Å². The topological polar surface area (TPSA) is 90.1 Å². The molecule has 0 aliphatic heterocycles. The molecule has 3 aromatic rings. The van der Waals surface area contributed by atoms with Gasteiger partial charge in [0, 0.05) is 0 Å². The Morgan fingerprint density at radius 1 is 1.19 bits per heavy atom. The second-order valence-electron chi connectivity index (χ2n) is 8.57. The van der Waals surface area contributed by atoms with E-state index in [0.717, 1.165) is 42.3 Å². The van der Waals surface area contributed by atoms with E-state index in [1.54, 1.807) is 12.7 Å². The number of fused-ring (bicyclic) bond motifs is 1. The maximum Gasteiger partial charge on any atom is 0.313 e. The molecule has 1 fully saturated rings. The summed E-state index contributed by atoms with van der Waals surface area (Å²) in [7, 11) is 0. The molecule has 1 aliphatic rings. The second-order valence-corrected chi connectivity index (χ2v) is 9.57. The van der Waals surface area contributed by atoms with Crippen LogP contribution in [-0.4, -0.2) is 37.4 Å². The van der Waals surface area contributed by atoms with Crippen molar-refractivity contribution in [1.82, 2.24) is 19.7 Å². The molecule has 7 nitrogen and oxygen atoms in total. The van der Waals surface area contributed by atoms with Crippen LogP contribution in [0.5, 0.6) is 5.19 Å². The molecule has 1 atom stereocenters. The Balaban J connectivity index is 1.58. The van der Waals surface area contributed by atoms with Gasteiger partial charge in [0.2, 0.25) is 0 Å². The number of benzene rings is 1. The first-order valence-corrected chi connectivity index (χ1v) is 12.0. The molecule has 1 unspecified atom stereocenters. The number of thiazole rings is 1. The van der Waals surface area contributed by atoms with Gasteiger partial charge in [-0.2, -0.15) is 0 Å². The molecule has 1 saturated carbocycles. The Bertz CT molecular complexity index is 1010. The van der Waals surface area contributed by atoms with Gasteiger partial charge in [0.1, 0.15) is 24.7 Å². The fourth-order valence-corrected chi connectivity index (χ4v) is 5.65. The predicted octanol–water partition coefficient (Wildman–Crippen LogP) is 5.33. The van der Waals surface area contributed by atoms with E-state index in [4.69, 9.17) is 4.74 Å². The van der Waals surface area contributed by atoms with Crippen molar-refractivity contribution in [3.63, 3.8) is 0 Å². The Hall–Kier alpha value is -2.48. The quantitative estimate of drug-likeness (QED) is 0.482. The summed E-state index contributed by atoms with van der Waals surface area (Å²) in [5.41, 5.74) is 1.30. The Morgan fingerprint density at radius 3 is 2.55 bits per heavy atom. The summed E-state index contributed by atoms with van der Waals surface area (Å²) in [4.78, 5) is 16.5. The van der Waals surface area contributed by atoms with E-state index in [9.17, 15) is 9.90 Å². The van der Waals surface area contributed by atoms with Gasteiger partial charge in [-0.15, -0.1) is 10.2 Å². The normalized spacial score (nSPS) is 17.1. The van der Waals surface area contributed by atoms with Crippen LogP contribution in [0.2, 0.25) is 0 Å². The molecule has 8 heteroatoms. The number of carboxylic acid groups (broad SMARTS) is 1. The number of aliphatic carboxylic acids is 1. The van der Waals surface area contributed by atoms with Crippen molar-refractivity contribution in [2.24, 2.45) is 11.3 Å². The predicted molar refractivity (Wildman–Crippen MR) is 121 cm³/mol. The minimum atomic E-state index is -0.781. The van der Waals surface area contributed by atoms with E-state index < -0.39 is 11.4 Å². The summed E-state index contributed by atoms with van der Waals surface area (Å²) in [5, 5.41) is 18.3. The van der Waals surface area contributed by atoms with Crippen LogP contribution in [0.15, 0.2) is 30.9 Å². The van der Waals surface area contributed by atoms with Crippen molar-refractivity contribution in [1.29, 1.82) is 0 Å². The molecule has 0 amide bonds. The largest absolute Gasteiger partial charge is 0.481 e. The molecule has 166 valence electrons. The minimum Gasteiger partial charge on any atom is -0.481 e. The van der Waals surface area contributed by atoms with Gasteiger partial charge in [0.25, 0.3) is 5.19 Å². The highest BCUT2D eigenvalue weighted by atomic mass is 32.1. The monoisotopic (exact) mass is 442 g/mol. The van der Waals surface area contributed by atoms with Gasteiger partial charge in [-0.25, -0.2) is 4.98 Å². The zero-order valence-electron chi connectivity index (χ0n) is 18.2. The molecule has 31 heavy (non-hydrogen) atoms. The first-order chi connectivity index (χ1) is 15.1. The third-order valence-electron chi connectivity index (χ3n) is 6.72. The SMILES string of the molecule is CCC(CC)C(c1ccc2nc(OCC3(C(=O)O)CCCCC3)sc2c1)n1cnnc1. The zero-order valence-corrected chi connectivity index (χ0v) is 19.0. The minimum absolute atomic E-state index is 0.165. The molecule has 1 N–H and O–H groups in total. The van der Waals surface area contributed by atoms with Crippen LogP contribution in [0.1, 0.15) is 70.4 Å². The van der Waals surface area contributed by atoms with Crippen LogP contribution < -0.4 is 4.74 Å². The molecular weight excluding hydrogens is 412 g/mol. The molecule has 4 rings (SSSR count).